The number of benzene rings is 2. The summed E-state index contributed by atoms with van der Waals surface area (Å²) in [4.78, 5) is 8.13. The van der Waals surface area contributed by atoms with Gasteiger partial charge in [0.25, 0.3) is 0 Å². The lowest BCUT2D eigenvalue weighted by Gasteiger charge is -2.13. The molecule has 0 amide bonds. The van der Waals surface area contributed by atoms with Gasteiger partial charge in [0.05, 0.1) is 11.8 Å². The van der Waals surface area contributed by atoms with Gasteiger partial charge in [-0.15, -0.1) is 0 Å². The Balaban J connectivity index is 1.53. The smallest absolute Gasteiger partial charge is 0.397 e. The molecule has 0 saturated carbocycles. The normalized spacial score (nSPS) is 16.2. The lowest BCUT2D eigenvalue weighted by molar-refractivity contribution is -0.0663. The molecule has 27 heavy (non-hydrogen) atoms. The molecule has 0 spiro atoms. The summed E-state index contributed by atoms with van der Waals surface area (Å²) >= 11 is 0. The topological polar surface area (TPSA) is 76.5 Å². The summed E-state index contributed by atoms with van der Waals surface area (Å²) in [7, 11) is 0. The molecule has 1 aliphatic rings. The van der Waals surface area contributed by atoms with Gasteiger partial charge in [-0.25, -0.2) is 14.4 Å². The summed E-state index contributed by atoms with van der Waals surface area (Å²) in [6.07, 6.45) is 0.544. The van der Waals surface area contributed by atoms with Crippen molar-refractivity contribution < 1.29 is 23.4 Å². The highest BCUT2D eigenvalue weighted by Gasteiger charge is 2.29. The first-order chi connectivity index (χ1) is 13.1. The number of fused-ring (bicyclic) bond motifs is 1. The molecule has 2 N–H and O–H groups in total. The molecule has 1 aromatic heterocycles. The van der Waals surface area contributed by atoms with E-state index in [9.17, 15) is 13.9 Å². The van der Waals surface area contributed by atoms with Crippen molar-refractivity contribution >= 4 is 5.82 Å². The molecule has 1 unspecified atom stereocenters. The van der Waals surface area contributed by atoms with Gasteiger partial charge in [0.1, 0.15) is 12.1 Å². The van der Waals surface area contributed by atoms with E-state index in [0.29, 0.717) is 5.82 Å². The Hall–Kier alpha value is -3.26. The number of aromatic nitrogens is 2. The van der Waals surface area contributed by atoms with Gasteiger partial charge < -0.3 is 19.9 Å². The molecule has 1 aliphatic heterocycles. The number of alkyl halides is 1. The molecule has 0 aliphatic carbocycles. The Morgan fingerprint density at radius 2 is 1.93 bits per heavy atom. The second-order valence-corrected chi connectivity index (χ2v) is 5.86. The molecule has 6 nitrogen and oxygen atoms in total. The number of anilines is 1. The fraction of sp³-hybridized carbons (Fsp3) is 0.158. The zero-order chi connectivity index (χ0) is 18.8. The van der Waals surface area contributed by atoms with Crippen molar-refractivity contribution in [3.8, 4) is 22.8 Å². The highest BCUT2D eigenvalue weighted by molar-refractivity contribution is 5.67. The highest BCUT2D eigenvalue weighted by atomic mass is 19.2. The molecule has 0 saturated heterocycles. The van der Waals surface area contributed by atoms with Crippen molar-refractivity contribution in [2.45, 2.75) is 12.6 Å². The van der Waals surface area contributed by atoms with Gasteiger partial charge in [-0.3, -0.25) is 0 Å². The fourth-order valence-corrected chi connectivity index (χ4v) is 2.75. The first kappa shape index (κ1) is 17.2. The monoisotopic (exact) mass is 371 g/mol. The van der Waals surface area contributed by atoms with Crippen molar-refractivity contribution in [3.63, 3.8) is 0 Å². The number of aliphatic hydroxyl groups is 1. The summed E-state index contributed by atoms with van der Waals surface area (Å²) < 4.78 is 37.2. The minimum atomic E-state index is -2.02. The van der Waals surface area contributed by atoms with Gasteiger partial charge in [0.15, 0.2) is 11.6 Å². The number of nitrogens with zero attached hydrogens (tertiary/aromatic N) is 2. The zero-order valence-electron chi connectivity index (χ0n) is 14.0. The van der Waals surface area contributed by atoms with Gasteiger partial charge in [-0.2, -0.15) is 4.39 Å². The van der Waals surface area contributed by atoms with Crippen molar-refractivity contribution in [3.05, 3.63) is 66.2 Å². The first-order valence-electron chi connectivity index (χ1n) is 8.21. The molecule has 0 fully saturated rings. The number of hydrogen-bond acceptors (Lipinski definition) is 6. The summed E-state index contributed by atoms with van der Waals surface area (Å²) in [6.45, 7) is -1.81. The van der Waals surface area contributed by atoms with Crippen LogP contribution in [-0.4, -0.2) is 28.2 Å². The Morgan fingerprint density at radius 3 is 2.74 bits per heavy atom. The van der Waals surface area contributed by atoms with E-state index in [1.54, 1.807) is 0 Å². The van der Waals surface area contributed by atoms with Crippen molar-refractivity contribution in [1.29, 1.82) is 0 Å². The molecular weight excluding hydrogens is 356 g/mol. The van der Waals surface area contributed by atoms with Crippen LogP contribution < -0.4 is 14.8 Å². The summed E-state index contributed by atoms with van der Waals surface area (Å²) in [5, 5.41) is 13.2. The van der Waals surface area contributed by atoms with Gasteiger partial charge in [-0.1, -0.05) is 30.3 Å². The van der Waals surface area contributed by atoms with Gasteiger partial charge in [0, 0.05) is 18.2 Å². The molecule has 2 heterocycles. The SMILES string of the molecule is O[C@@H](CNc1cc(-c2ccc3c(c2F)OC(F)O3)ncn1)c1ccccc1. The highest BCUT2D eigenvalue weighted by Crippen LogP contribution is 2.41. The molecule has 3 aromatic rings. The second kappa shape index (κ2) is 7.16. The number of ether oxygens (including phenoxy) is 2. The number of rotatable bonds is 5. The van der Waals surface area contributed by atoms with E-state index in [4.69, 9.17) is 9.47 Å². The Labute approximate surface area is 153 Å². The van der Waals surface area contributed by atoms with Crippen LogP contribution in [0.4, 0.5) is 14.6 Å². The maximum Gasteiger partial charge on any atom is 0.397 e. The molecule has 0 radical (unpaired) electrons. The minimum Gasteiger partial charge on any atom is -0.425 e. The number of nitrogens with one attached hydrogen (secondary N) is 1. The maximum atomic E-state index is 14.6. The van der Waals surface area contributed by atoms with E-state index >= 15 is 0 Å². The summed E-state index contributed by atoms with van der Waals surface area (Å²) in [5.74, 6) is -0.633. The molecular formula is C19H15F2N3O3. The van der Waals surface area contributed by atoms with Crippen molar-refractivity contribution in [2.24, 2.45) is 0 Å². The minimum absolute atomic E-state index is 0.00198. The lowest BCUT2D eigenvalue weighted by Crippen LogP contribution is -2.13. The van der Waals surface area contributed by atoms with Crippen LogP contribution in [0.15, 0.2) is 54.9 Å². The predicted molar refractivity (Wildman–Crippen MR) is 93.5 cm³/mol. The Morgan fingerprint density at radius 1 is 1.11 bits per heavy atom. The number of aliphatic hydroxyl groups excluding tert-OH is 1. The van der Waals surface area contributed by atoms with Crippen LogP contribution >= 0.6 is 0 Å². The Kier molecular flexibility index (Phi) is 4.55. The van der Waals surface area contributed by atoms with E-state index in [1.165, 1.54) is 24.5 Å². The standard InChI is InChI=1S/C19H15F2N3O3/c20-17-12(6-7-15-18(17)27-19(21)26-15)13-8-16(24-10-23-13)22-9-14(25)11-4-2-1-3-5-11/h1-8,10,14,19,25H,9H2,(H,22,23,24)/t14-,19?/m0/s1. The average Bonchev–Trinajstić information content (AvgIpc) is 3.09. The van der Waals surface area contributed by atoms with E-state index in [0.717, 1.165) is 5.56 Å². The van der Waals surface area contributed by atoms with Crippen LogP contribution in [0.25, 0.3) is 11.3 Å². The summed E-state index contributed by atoms with van der Waals surface area (Å²) in [6, 6.07) is 13.6. The van der Waals surface area contributed by atoms with Gasteiger partial charge >= 0.3 is 6.54 Å². The van der Waals surface area contributed by atoms with E-state index in [-0.39, 0.29) is 29.3 Å². The molecule has 8 heteroatoms. The summed E-state index contributed by atoms with van der Waals surface area (Å²) in [5.41, 5.74) is 1.18. The average molecular weight is 371 g/mol. The Bertz CT molecular complexity index is 956. The molecule has 0 bridgehead atoms. The van der Waals surface area contributed by atoms with Crippen LogP contribution in [0, 0.1) is 5.82 Å². The quantitative estimate of drug-likeness (QED) is 0.715. The number of hydrogen-bond donors (Lipinski definition) is 2. The van der Waals surface area contributed by atoms with E-state index in [1.807, 2.05) is 30.3 Å². The van der Waals surface area contributed by atoms with Crippen LogP contribution in [0.5, 0.6) is 11.5 Å². The molecule has 2 aromatic carbocycles. The number of halogens is 2. The predicted octanol–water partition coefficient (Wildman–Crippen LogP) is 3.45. The second-order valence-electron chi connectivity index (χ2n) is 5.86. The van der Waals surface area contributed by atoms with Crippen LogP contribution in [0.2, 0.25) is 0 Å². The van der Waals surface area contributed by atoms with Crippen molar-refractivity contribution in [2.75, 3.05) is 11.9 Å². The third-order valence-corrected chi connectivity index (χ3v) is 4.10. The zero-order valence-corrected chi connectivity index (χ0v) is 14.0. The van der Waals surface area contributed by atoms with E-state index < -0.39 is 18.5 Å². The van der Waals surface area contributed by atoms with Crippen molar-refractivity contribution in [1.82, 2.24) is 9.97 Å². The lowest BCUT2D eigenvalue weighted by atomic mass is 10.1. The van der Waals surface area contributed by atoms with Crippen LogP contribution in [0.1, 0.15) is 11.7 Å². The fourth-order valence-electron chi connectivity index (χ4n) is 2.75. The van der Waals surface area contributed by atoms with Crippen LogP contribution in [-0.2, 0) is 0 Å². The van der Waals surface area contributed by atoms with Gasteiger partial charge in [-0.05, 0) is 17.7 Å². The molecule has 4 rings (SSSR count). The first-order valence-corrected chi connectivity index (χ1v) is 8.21. The molecule has 2 atom stereocenters. The van der Waals surface area contributed by atoms with Crippen LogP contribution in [0.3, 0.4) is 0 Å². The third-order valence-electron chi connectivity index (χ3n) is 4.10. The molecule has 138 valence electrons. The van der Waals surface area contributed by atoms with E-state index in [2.05, 4.69) is 15.3 Å². The third kappa shape index (κ3) is 3.52. The largest absolute Gasteiger partial charge is 0.425 e. The maximum absolute atomic E-state index is 14.6. The van der Waals surface area contributed by atoms with Gasteiger partial charge in [0.2, 0.25) is 5.75 Å².